The average molecular weight is 279 g/mol. The molecule has 1 heterocycles. The van der Waals surface area contributed by atoms with Gasteiger partial charge in [-0.2, -0.15) is 0 Å². The van der Waals surface area contributed by atoms with Crippen molar-refractivity contribution in [2.24, 2.45) is 11.7 Å². The molecule has 0 amide bonds. The van der Waals surface area contributed by atoms with E-state index in [9.17, 15) is 20.1 Å². The van der Waals surface area contributed by atoms with Crippen LogP contribution in [0.25, 0.3) is 0 Å². The highest BCUT2D eigenvalue weighted by molar-refractivity contribution is 5.75. The summed E-state index contributed by atoms with van der Waals surface area (Å²) in [7, 11) is 0. The third-order valence-electron chi connectivity index (χ3n) is 3.11. The number of aliphatic hydroxyl groups excluding tert-OH is 3. The lowest BCUT2D eigenvalue weighted by Crippen LogP contribution is -2.49. The first-order valence-electron chi connectivity index (χ1n) is 6.02. The summed E-state index contributed by atoms with van der Waals surface area (Å²) in [5.41, 5.74) is 5.55. The lowest BCUT2D eigenvalue weighted by Gasteiger charge is -2.26. The van der Waals surface area contributed by atoms with Gasteiger partial charge in [-0.15, -0.1) is 0 Å². The smallest absolute Gasteiger partial charge is 0.323 e. The number of carbonyl (C=O) groups excluding carboxylic acids is 1. The van der Waals surface area contributed by atoms with Gasteiger partial charge in [-0.05, 0) is 5.92 Å². The van der Waals surface area contributed by atoms with Gasteiger partial charge >= 0.3 is 5.97 Å². The predicted octanol–water partition coefficient (Wildman–Crippen LogP) is -2.69. The zero-order valence-electron chi connectivity index (χ0n) is 10.9. The van der Waals surface area contributed by atoms with Gasteiger partial charge in [0.05, 0.1) is 6.61 Å². The first kappa shape index (κ1) is 16.3. The van der Waals surface area contributed by atoms with Crippen molar-refractivity contribution >= 4 is 5.97 Å². The quantitative estimate of drug-likeness (QED) is 0.342. The molecule has 0 bridgehead atoms. The first-order valence-corrected chi connectivity index (χ1v) is 6.02. The Labute approximate surface area is 110 Å². The Bertz CT molecular complexity index is 324. The monoisotopic (exact) mass is 279 g/mol. The topological polar surface area (TPSA) is 142 Å². The second-order valence-electron chi connectivity index (χ2n) is 5.00. The van der Waals surface area contributed by atoms with Crippen molar-refractivity contribution in [1.82, 2.24) is 0 Å². The fourth-order valence-corrected chi connectivity index (χ4v) is 1.68. The average Bonchev–Trinajstić information content (AvgIpc) is 2.59. The summed E-state index contributed by atoms with van der Waals surface area (Å²) in [5, 5.41) is 37.9. The zero-order valence-corrected chi connectivity index (χ0v) is 10.9. The van der Waals surface area contributed by atoms with Crippen molar-refractivity contribution in [3.8, 4) is 0 Å². The molecule has 1 aliphatic rings. The molecule has 1 aliphatic heterocycles. The van der Waals surface area contributed by atoms with E-state index in [4.69, 9.17) is 20.3 Å². The van der Waals surface area contributed by atoms with Crippen LogP contribution < -0.4 is 5.73 Å². The number of ether oxygens (including phenoxy) is 2. The molecule has 112 valence electrons. The van der Waals surface area contributed by atoms with Crippen molar-refractivity contribution < 1.29 is 34.7 Å². The highest BCUT2D eigenvalue weighted by Crippen LogP contribution is 2.29. The number of esters is 1. The molecular weight excluding hydrogens is 258 g/mol. The van der Waals surface area contributed by atoms with Crippen LogP contribution in [0.15, 0.2) is 0 Å². The molecular formula is C11H21NO7. The molecule has 0 unspecified atom stereocenters. The van der Waals surface area contributed by atoms with E-state index in [0.717, 1.165) is 0 Å². The normalized spacial score (nSPS) is 36.5. The van der Waals surface area contributed by atoms with Crippen molar-refractivity contribution in [1.29, 1.82) is 0 Å². The summed E-state index contributed by atoms with van der Waals surface area (Å²) >= 11 is 0. The molecule has 8 heteroatoms. The van der Waals surface area contributed by atoms with Crippen molar-refractivity contribution in [2.45, 2.75) is 44.0 Å². The van der Waals surface area contributed by atoms with Crippen LogP contribution in [0.4, 0.5) is 0 Å². The van der Waals surface area contributed by atoms with Gasteiger partial charge in [0.1, 0.15) is 31.0 Å². The van der Waals surface area contributed by atoms with Gasteiger partial charge in [-0.25, -0.2) is 0 Å². The molecule has 19 heavy (non-hydrogen) atoms. The minimum atomic E-state index is -2.25. The van der Waals surface area contributed by atoms with Crippen LogP contribution in [-0.2, 0) is 14.3 Å². The summed E-state index contributed by atoms with van der Waals surface area (Å²) in [6, 6.07) is -0.860. The standard InChI is InChI=1S/C11H21NO7/c1-5(2)7(12)10(16)18-4-11(17)9(15)8(14)6(3-13)19-11/h5-9,13-15,17H,3-4,12H2,1-2H3/t6-,7+,8-,9-,11-/m1/s1. The number of aliphatic hydroxyl groups is 4. The van der Waals surface area contributed by atoms with Gasteiger partial charge in [0.25, 0.3) is 0 Å². The highest BCUT2D eigenvalue weighted by Gasteiger charge is 2.54. The largest absolute Gasteiger partial charge is 0.459 e. The number of rotatable bonds is 5. The molecule has 5 atom stereocenters. The molecule has 8 nitrogen and oxygen atoms in total. The van der Waals surface area contributed by atoms with Crippen LogP contribution in [0.2, 0.25) is 0 Å². The van der Waals surface area contributed by atoms with E-state index in [1.165, 1.54) is 0 Å². The summed E-state index contributed by atoms with van der Waals surface area (Å²) in [4.78, 5) is 11.5. The van der Waals surface area contributed by atoms with Crippen LogP contribution in [0.5, 0.6) is 0 Å². The minimum absolute atomic E-state index is 0.146. The summed E-state index contributed by atoms with van der Waals surface area (Å²) in [6.07, 6.45) is -4.29. The highest BCUT2D eigenvalue weighted by atomic mass is 16.7. The Morgan fingerprint density at radius 2 is 2.05 bits per heavy atom. The molecule has 0 aromatic carbocycles. The molecule has 0 aromatic heterocycles. The van der Waals surface area contributed by atoms with E-state index in [2.05, 4.69) is 0 Å². The molecule has 0 aromatic rings. The molecule has 0 aliphatic carbocycles. The van der Waals surface area contributed by atoms with Crippen molar-refractivity contribution in [3.63, 3.8) is 0 Å². The maximum atomic E-state index is 11.5. The van der Waals surface area contributed by atoms with E-state index < -0.39 is 49.3 Å². The van der Waals surface area contributed by atoms with Crippen LogP contribution in [0.3, 0.4) is 0 Å². The van der Waals surface area contributed by atoms with Crippen LogP contribution >= 0.6 is 0 Å². The Balaban J connectivity index is 2.59. The molecule has 1 rings (SSSR count). The second kappa shape index (κ2) is 6.12. The van der Waals surface area contributed by atoms with Crippen LogP contribution in [0.1, 0.15) is 13.8 Å². The van der Waals surface area contributed by atoms with E-state index in [1.54, 1.807) is 13.8 Å². The van der Waals surface area contributed by atoms with Crippen LogP contribution in [-0.4, -0.2) is 69.8 Å². The number of carbonyl (C=O) groups is 1. The minimum Gasteiger partial charge on any atom is -0.459 e. The fourth-order valence-electron chi connectivity index (χ4n) is 1.68. The third kappa shape index (κ3) is 3.41. The maximum absolute atomic E-state index is 11.5. The number of nitrogens with two attached hydrogens (primary N) is 1. The third-order valence-corrected chi connectivity index (χ3v) is 3.11. The Hall–Kier alpha value is -0.770. The lowest BCUT2D eigenvalue weighted by atomic mass is 10.1. The molecule has 1 fully saturated rings. The summed E-state index contributed by atoms with van der Waals surface area (Å²) < 4.78 is 9.67. The Morgan fingerprint density at radius 1 is 1.47 bits per heavy atom. The maximum Gasteiger partial charge on any atom is 0.323 e. The SMILES string of the molecule is CC(C)[C@H](N)C(=O)OC[C@@]1(O)O[C@H](CO)[C@@H](O)[C@H]1O. The lowest BCUT2D eigenvalue weighted by molar-refractivity contribution is -0.253. The van der Waals surface area contributed by atoms with Gasteiger partial charge in [-0.1, -0.05) is 13.8 Å². The van der Waals surface area contributed by atoms with Crippen LogP contribution in [0, 0.1) is 5.92 Å². The van der Waals surface area contributed by atoms with Gasteiger partial charge in [-0.3, -0.25) is 4.79 Å². The molecule has 0 saturated carbocycles. The van der Waals surface area contributed by atoms with E-state index in [-0.39, 0.29) is 5.92 Å². The first-order chi connectivity index (χ1) is 8.73. The zero-order chi connectivity index (χ0) is 14.8. The number of hydrogen-bond donors (Lipinski definition) is 5. The molecule has 1 saturated heterocycles. The summed E-state index contributed by atoms with van der Waals surface area (Å²) in [5.74, 6) is -3.15. The predicted molar refractivity (Wildman–Crippen MR) is 62.7 cm³/mol. The summed E-state index contributed by atoms with van der Waals surface area (Å²) in [6.45, 7) is 2.20. The van der Waals surface area contributed by atoms with E-state index in [0.29, 0.717) is 0 Å². The van der Waals surface area contributed by atoms with E-state index in [1.807, 2.05) is 0 Å². The van der Waals surface area contributed by atoms with Crippen molar-refractivity contribution in [3.05, 3.63) is 0 Å². The van der Waals surface area contributed by atoms with Gasteiger partial charge in [0, 0.05) is 0 Å². The molecule has 0 radical (unpaired) electrons. The van der Waals surface area contributed by atoms with Gasteiger partial charge in [0.2, 0.25) is 5.79 Å². The van der Waals surface area contributed by atoms with E-state index >= 15 is 0 Å². The fraction of sp³-hybridized carbons (Fsp3) is 0.909. The second-order valence-corrected chi connectivity index (χ2v) is 5.00. The number of hydrogen-bond acceptors (Lipinski definition) is 8. The Morgan fingerprint density at radius 3 is 2.47 bits per heavy atom. The van der Waals surface area contributed by atoms with Gasteiger partial charge in [0.15, 0.2) is 0 Å². The Kier molecular flexibility index (Phi) is 5.25. The molecule has 0 spiro atoms. The van der Waals surface area contributed by atoms with Crippen molar-refractivity contribution in [2.75, 3.05) is 13.2 Å². The molecule has 6 N–H and O–H groups in total. The van der Waals surface area contributed by atoms with Gasteiger partial charge < -0.3 is 35.6 Å².